The molecule has 1 aliphatic heterocycles. The number of benzene rings is 2. The Morgan fingerprint density at radius 2 is 1.73 bits per heavy atom. The first kappa shape index (κ1) is 30.1. The number of nitrogens with zero attached hydrogens (tertiary/aromatic N) is 3. The molecule has 0 bridgehead atoms. The SMILES string of the molecule is COC(=O)CO[C@H]1C[SH](c2ccccc2)[C@H](COC(C)=O)[C@H](OC(C)=O)[C@H]1n1cc(-c2cc(F)c(F)c(F)c2)nn1. The predicted molar refractivity (Wildman–Crippen MR) is 141 cm³/mol. The Hall–Kier alpha value is -3.91. The van der Waals surface area contributed by atoms with Crippen molar-refractivity contribution in [2.45, 2.75) is 42.2 Å². The molecule has 0 spiro atoms. The van der Waals surface area contributed by atoms with Crippen molar-refractivity contribution in [2.75, 3.05) is 26.1 Å². The maximum atomic E-state index is 13.9. The van der Waals surface area contributed by atoms with Gasteiger partial charge in [0.15, 0.2) is 17.5 Å². The minimum absolute atomic E-state index is 0.00326. The second-order valence-electron chi connectivity index (χ2n) is 9.19. The third-order valence-electron chi connectivity index (χ3n) is 6.46. The van der Waals surface area contributed by atoms with Gasteiger partial charge in [-0.3, -0.25) is 9.59 Å². The molecule has 2 heterocycles. The van der Waals surface area contributed by atoms with Gasteiger partial charge in [-0.2, -0.15) is 0 Å². The van der Waals surface area contributed by atoms with Crippen molar-refractivity contribution in [1.29, 1.82) is 0 Å². The largest absolute Gasteiger partial charge is 0.467 e. The lowest BCUT2D eigenvalue weighted by molar-refractivity contribution is -0.159. The molecule has 1 aromatic heterocycles. The van der Waals surface area contributed by atoms with Crippen LogP contribution in [0.2, 0.25) is 0 Å². The first-order valence-corrected chi connectivity index (χ1v) is 14.1. The number of thiol groups is 1. The fourth-order valence-electron chi connectivity index (χ4n) is 4.66. The van der Waals surface area contributed by atoms with Gasteiger partial charge in [-0.15, -0.1) is 5.10 Å². The number of methoxy groups -OCH3 is 1. The zero-order chi connectivity index (χ0) is 29.7. The van der Waals surface area contributed by atoms with E-state index in [1.807, 2.05) is 30.3 Å². The minimum atomic E-state index is -1.62. The van der Waals surface area contributed by atoms with E-state index in [0.29, 0.717) is 5.75 Å². The van der Waals surface area contributed by atoms with Gasteiger partial charge in [0, 0.05) is 25.2 Å². The molecule has 0 amide bonds. The molecule has 0 saturated carbocycles. The molecule has 2 aromatic carbocycles. The number of carbonyl (C=O) groups excluding carboxylic acids is 3. The maximum absolute atomic E-state index is 13.9. The van der Waals surface area contributed by atoms with Crippen molar-refractivity contribution >= 4 is 28.8 Å². The summed E-state index contributed by atoms with van der Waals surface area (Å²) in [6.07, 6.45) is -0.443. The van der Waals surface area contributed by atoms with Gasteiger partial charge >= 0.3 is 17.9 Å². The fraction of sp³-hybridized carbons (Fsp3) is 0.370. The molecule has 1 aliphatic rings. The highest BCUT2D eigenvalue weighted by atomic mass is 32.2. The molecule has 1 unspecified atom stereocenters. The van der Waals surface area contributed by atoms with E-state index < -0.39 is 76.4 Å². The zero-order valence-corrected chi connectivity index (χ0v) is 23.2. The van der Waals surface area contributed by atoms with Crippen LogP contribution in [-0.2, 0) is 33.3 Å². The van der Waals surface area contributed by atoms with E-state index in [-0.39, 0.29) is 17.9 Å². The topological polar surface area (TPSA) is 119 Å². The van der Waals surface area contributed by atoms with Crippen LogP contribution in [0.25, 0.3) is 11.3 Å². The van der Waals surface area contributed by atoms with Gasteiger partial charge in [0.2, 0.25) is 0 Å². The van der Waals surface area contributed by atoms with Crippen molar-refractivity contribution in [3.05, 3.63) is 66.1 Å². The van der Waals surface area contributed by atoms with Crippen molar-refractivity contribution in [1.82, 2.24) is 15.0 Å². The standard InChI is InChI=1S/C27H28F3N3O7S/c1-15(34)38-12-23-27(40-16(2)35)26(33-11-21(31-32-33)17-9-19(28)25(30)20(29)10-17)22(39-13-24(36)37-3)14-41(23)18-7-5-4-6-8-18/h4-11,22-23,26-27,41H,12-14H2,1-3H3/t22-,23+,26-,27-/m0/s1. The van der Waals surface area contributed by atoms with Gasteiger partial charge < -0.3 is 18.9 Å². The third-order valence-corrected chi connectivity index (χ3v) is 9.42. The summed E-state index contributed by atoms with van der Waals surface area (Å²) in [7, 11) is 0.00518. The lowest BCUT2D eigenvalue weighted by Gasteiger charge is -2.47. The Morgan fingerprint density at radius 1 is 1.05 bits per heavy atom. The number of rotatable bonds is 9. The third kappa shape index (κ3) is 7.06. The van der Waals surface area contributed by atoms with E-state index in [2.05, 4.69) is 10.3 Å². The molecule has 3 aromatic rings. The Kier molecular flexibility index (Phi) is 9.65. The molecule has 0 N–H and O–H groups in total. The summed E-state index contributed by atoms with van der Waals surface area (Å²) in [5.74, 6) is -5.90. The van der Waals surface area contributed by atoms with Crippen LogP contribution in [0.5, 0.6) is 0 Å². The second kappa shape index (κ2) is 13.2. The highest BCUT2D eigenvalue weighted by Gasteiger charge is 2.49. The Morgan fingerprint density at radius 3 is 2.34 bits per heavy atom. The lowest BCUT2D eigenvalue weighted by Crippen LogP contribution is -2.53. The number of carbonyl (C=O) groups is 3. The van der Waals surface area contributed by atoms with Gasteiger partial charge in [0.25, 0.3) is 0 Å². The molecule has 41 heavy (non-hydrogen) atoms. The van der Waals surface area contributed by atoms with Crippen LogP contribution in [0, 0.1) is 17.5 Å². The van der Waals surface area contributed by atoms with E-state index in [1.165, 1.54) is 31.8 Å². The number of aromatic nitrogens is 3. The fourth-order valence-corrected chi connectivity index (χ4v) is 7.64. The molecule has 4 rings (SSSR count). The van der Waals surface area contributed by atoms with Gasteiger partial charge in [0.05, 0.1) is 24.7 Å². The van der Waals surface area contributed by atoms with Gasteiger partial charge in [-0.25, -0.2) is 33.5 Å². The van der Waals surface area contributed by atoms with Crippen LogP contribution < -0.4 is 0 Å². The van der Waals surface area contributed by atoms with Crippen LogP contribution in [0.3, 0.4) is 0 Å². The summed E-state index contributed by atoms with van der Waals surface area (Å²) < 4.78 is 64.7. The van der Waals surface area contributed by atoms with Crippen molar-refractivity contribution in [3.63, 3.8) is 0 Å². The number of ether oxygens (including phenoxy) is 4. The quantitative estimate of drug-likeness (QED) is 0.172. The Labute approximate surface area is 236 Å². The van der Waals surface area contributed by atoms with E-state index in [0.717, 1.165) is 17.0 Å². The lowest BCUT2D eigenvalue weighted by atomic mass is 10.0. The van der Waals surface area contributed by atoms with Crippen LogP contribution in [0.15, 0.2) is 53.6 Å². The van der Waals surface area contributed by atoms with Gasteiger partial charge in [-0.1, -0.05) is 35.5 Å². The van der Waals surface area contributed by atoms with E-state index in [4.69, 9.17) is 18.9 Å². The zero-order valence-electron chi connectivity index (χ0n) is 22.3. The summed E-state index contributed by atoms with van der Waals surface area (Å²) in [5, 5.41) is 7.59. The van der Waals surface area contributed by atoms with E-state index >= 15 is 0 Å². The number of halogens is 3. The molecular formula is C27H28F3N3O7S. The monoisotopic (exact) mass is 595 g/mol. The van der Waals surface area contributed by atoms with Crippen molar-refractivity contribution < 1.29 is 46.5 Å². The Balaban J connectivity index is 1.81. The summed E-state index contributed by atoms with van der Waals surface area (Å²) in [6, 6.07) is 9.99. The average Bonchev–Trinajstić information content (AvgIpc) is 3.43. The second-order valence-corrected chi connectivity index (χ2v) is 11.7. The average molecular weight is 596 g/mol. The van der Waals surface area contributed by atoms with E-state index in [9.17, 15) is 27.6 Å². The maximum Gasteiger partial charge on any atom is 0.331 e. The first-order valence-electron chi connectivity index (χ1n) is 12.5. The number of hydrogen-bond donors (Lipinski definition) is 1. The normalized spacial score (nSPS) is 23.0. The van der Waals surface area contributed by atoms with Crippen LogP contribution in [0.1, 0.15) is 19.9 Å². The molecular weight excluding hydrogens is 567 g/mol. The van der Waals surface area contributed by atoms with Crippen LogP contribution >= 0.6 is 10.9 Å². The molecule has 10 nitrogen and oxygen atoms in total. The predicted octanol–water partition coefficient (Wildman–Crippen LogP) is 3.40. The summed E-state index contributed by atoms with van der Waals surface area (Å²) >= 11 is 0. The molecule has 1 saturated heterocycles. The molecule has 5 atom stereocenters. The van der Waals surface area contributed by atoms with Gasteiger partial charge in [0.1, 0.15) is 31.1 Å². The molecule has 0 aliphatic carbocycles. The van der Waals surface area contributed by atoms with E-state index in [1.54, 1.807) is 0 Å². The van der Waals surface area contributed by atoms with Crippen molar-refractivity contribution in [3.8, 4) is 11.3 Å². The number of hydrogen-bond acceptors (Lipinski definition) is 9. The first-order chi connectivity index (χ1) is 19.6. The summed E-state index contributed by atoms with van der Waals surface area (Å²) in [6.45, 7) is 1.97. The number of esters is 3. The smallest absolute Gasteiger partial charge is 0.331 e. The summed E-state index contributed by atoms with van der Waals surface area (Å²) in [4.78, 5) is 37.1. The Bertz CT molecular complexity index is 1380. The van der Waals surface area contributed by atoms with Gasteiger partial charge in [-0.05, 0) is 17.0 Å². The molecule has 1 fully saturated rings. The molecule has 14 heteroatoms. The minimum Gasteiger partial charge on any atom is -0.467 e. The summed E-state index contributed by atoms with van der Waals surface area (Å²) in [5.41, 5.74) is -0.0777. The van der Waals surface area contributed by atoms with Crippen LogP contribution in [-0.4, -0.2) is 76.4 Å². The highest BCUT2D eigenvalue weighted by Crippen LogP contribution is 2.51. The highest BCUT2D eigenvalue weighted by molar-refractivity contribution is 8.17. The molecule has 0 radical (unpaired) electrons. The van der Waals surface area contributed by atoms with Crippen molar-refractivity contribution in [2.24, 2.45) is 0 Å². The van der Waals surface area contributed by atoms with Crippen LogP contribution in [0.4, 0.5) is 13.2 Å². The molecule has 220 valence electrons.